The predicted octanol–water partition coefficient (Wildman–Crippen LogP) is 4.42. The Hall–Kier alpha value is -1.85. The fraction of sp³-hybridized carbons (Fsp3) is 0.429. The van der Waals surface area contributed by atoms with Crippen molar-refractivity contribution in [2.75, 3.05) is 24.4 Å². The second kappa shape index (κ2) is 7.80. The van der Waals surface area contributed by atoms with Crippen LogP contribution in [0.25, 0.3) is 0 Å². The van der Waals surface area contributed by atoms with E-state index in [0.717, 1.165) is 25.2 Å². The average molecular weight is 373 g/mol. The Kier molecular flexibility index (Phi) is 5.68. The summed E-state index contributed by atoms with van der Waals surface area (Å²) in [7, 11) is -3.56. The van der Waals surface area contributed by atoms with E-state index in [1.54, 1.807) is 12.1 Å². The van der Waals surface area contributed by atoms with Crippen molar-refractivity contribution in [2.24, 2.45) is 0 Å². The highest BCUT2D eigenvalue weighted by Gasteiger charge is 2.22. The van der Waals surface area contributed by atoms with Crippen LogP contribution in [-0.4, -0.2) is 33.0 Å². The summed E-state index contributed by atoms with van der Waals surface area (Å²) in [6, 6.07) is 14.9. The molecule has 0 amide bonds. The molecule has 26 heavy (non-hydrogen) atoms. The molecule has 1 aliphatic heterocycles. The molecule has 0 bridgehead atoms. The summed E-state index contributed by atoms with van der Waals surface area (Å²) >= 11 is 0. The Morgan fingerprint density at radius 1 is 1.08 bits per heavy atom. The number of hydrogen-bond acceptors (Lipinski definition) is 3. The van der Waals surface area contributed by atoms with E-state index in [2.05, 4.69) is 30.4 Å². The smallest absolute Gasteiger partial charge is 0.261 e. The molecule has 1 saturated heterocycles. The zero-order valence-corrected chi connectivity index (χ0v) is 16.6. The van der Waals surface area contributed by atoms with Gasteiger partial charge in [0.1, 0.15) is 0 Å². The largest absolute Gasteiger partial charge is 0.303 e. The Morgan fingerprint density at radius 3 is 2.27 bits per heavy atom. The summed E-state index contributed by atoms with van der Waals surface area (Å²) < 4.78 is 27.9. The molecule has 1 atom stereocenters. The van der Waals surface area contributed by atoms with Crippen LogP contribution in [0, 0.1) is 0 Å². The van der Waals surface area contributed by atoms with Gasteiger partial charge in [0.05, 0.1) is 4.90 Å². The lowest BCUT2D eigenvalue weighted by Crippen LogP contribution is -2.19. The first kappa shape index (κ1) is 18.9. The van der Waals surface area contributed by atoms with Gasteiger partial charge >= 0.3 is 0 Å². The number of likely N-dealkylation sites (N-methyl/N-ethyl adjacent to an activating group) is 1. The highest BCUT2D eigenvalue weighted by atomic mass is 32.2. The Labute approximate surface area is 157 Å². The van der Waals surface area contributed by atoms with Crippen molar-refractivity contribution in [3.8, 4) is 0 Å². The average Bonchev–Trinajstić information content (AvgIpc) is 3.11. The van der Waals surface area contributed by atoms with Gasteiger partial charge in [0.25, 0.3) is 10.0 Å². The quantitative estimate of drug-likeness (QED) is 0.816. The van der Waals surface area contributed by atoms with Crippen LogP contribution >= 0.6 is 0 Å². The van der Waals surface area contributed by atoms with Crippen LogP contribution in [0.5, 0.6) is 0 Å². The van der Waals surface area contributed by atoms with E-state index in [4.69, 9.17) is 0 Å². The number of rotatable bonds is 6. The molecule has 2 aromatic rings. The van der Waals surface area contributed by atoms with Crippen molar-refractivity contribution >= 4 is 15.7 Å². The van der Waals surface area contributed by atoms with Crippen molar-refractivity contribution in [2.45, 2.75) is 43.9 Å². The van der Waals surface area contributed by atoms with Gasteiger partial charge < -0.3 is 4.90 Å². The maximum Gasteiger partial charge on any atom is 0.261 e. The monoisotopic (exact) mass is 372 g/mol. The highest BCUT2D eigenvalue weighted by molar-refractivity contribution is 7.92. The molecule has 3 rings (SSSR count). The van der Waals surface area contributed by atoms with Gasteiger partial charge in [0.2, 0.25) is 0 Å². The van der Waals surface area contributed by atoms with Gasteiger partial charge in [-0.15, -0.1) is 0 Å². The van der Waals surface area contributed by atoms with E-state index in [1.807, 2.05) is 36.4 Å². The number of benzene rings is 2. The fourth-order valence-corrected chi connectivity index (χ4v) is 4.52. The Bertz CT molecular complexity index is 827. The summed E-state index contributed by atoms with van der Waals surface area (Å²) in [5, 5.41) is 0. The minimum atomic E-state index is -3.56. The van der Waals surface area contributed by atoms with Gasteiger partial charge in [0.15, 0.2) is 0 Å². The highest BCUT2D eigenvalue weighted by Crippen LogP contribution is 2.28. The lowest BCUT2D eigenvalue weighted by atomic mass is 9.98. The number of likely N-dealkylation sites (tertiary alicyclic amines) is 1. The van der Waals surface area contributed by atoms with Gasteiger partial charge in [-0.05, 0) is 66.7 Å². The van der Waals surface area contributed by atoms with Crippen molar-refractivity contribution in [3.63, 3.8) is 0 Å². The second-order valence-electron chi connectivity index (χ2n) is 7.33. The van der Waals surface area contributed by atoms with Crippen LogP contribution in [0.2, 0.25) is 0 Å². The number of nitrogens with one attached hydrogen (secondary N) is 1. The van der Waals surface area contributed by atoms with E-state index in [-0.39, 0.29) is 0 Å². The van der Waals surface area contributed by atoms with Crippen molar-refractivity contribution in [3.05, 3.63) is 59.7 Å². The van der Waals surface area contributed by atoms with Crippen LogP contribution in [0.4, 0.5) is 5.69 Å². The molecule has 4 nitrogen and oxygen atoms in total. The van der Waals surface area contributed by atoms with Gasteiger partial charge in [-0.1, -0.05) is 45.0 Å². The van der Waals surface area contributed by atoms with Crippen molar-refractivity contribution < 1.29 is 8.42 Å². The molecule has 0 saturated carbocycles. The third-order valence-corrected chi connectivity index (χ3v) is 6.61. The van der Waals surface area contributed by atoms with Crippen molar-refractivity contribution in [1.29, 1.82) is 0 Å². The molecule has 1 aliphatic rings. The lowest BCUT2D eigenvalue weighted by molar-refractivity contribution is 0.354. The SMILES string of the molecule is CCN1CCC(c2ccc(NS(=O)(=O)c3ccc(C(C)C)cc3)cc2)C1. The molecule has 1 N–H and O–H groups in total. The zero-order valence-electron chi connectivity index (χ0n) is 15.8. The maximum atomic E-state index is 12.6. The first-order chi connectivity index (χ1) is 12.4. The molecule has 0 aliphatic carbocycles. The van der Waals surface area contributed by atoms with Gasteiger partial charge in [-0.3, -0.25) is 4.72 Å². The molecular formula is C21H28N2O2S. The molecule has 2 aromatic carbocycles. The van der Waals surface area contributed by atoms with Crippen LogP contribution in [0.3, 0.4) is 0 Å². The van der Waals surface area contributed by atoms with Crippen LogP contribution in [-0.2, 0) is 10.0 Å². The first-order valence-corrected chi connectivity index (χ1v) is 10.8. The van der Waals surface area contributed by atoms with Crippen LogP contribution < -0.4 is 4.72 Å². The molecule has 1 heterocycles. The third kappa shape index (κ3) is 4.27. The summed E-state index contributed by atoms with van der Waals surface area (Å²) in [4.78, 5) is 2.74. The molecule has 0 spiro atoms. The molecule has 5 heteroatoms. The molecule has 1 unspecified atom stereocenters. The minimum absolute atomic E-state index is 0.292. The topological polar surface area (TPSA) is 49.4 Å². The summed E-state index contributed by atoms with van der Waals surface area (Å²) in [6.45, 7) is 9.68. The van der Waals surface area contributed by atoms with Gasteiger partial charge in [0, 0.05) is 12.2 Å². The van der Waals surface area contributed by atoms with E-state index >= 15 is 0 Å². The van der Waals surface area contributed by atoms with Gasteiger partial charge in [-0.25, -0.2) is 8.42 Å². The summed E-state index contributed by atoms with van der Waals surface area (Å²) in [5.41, 5.74) is 3.02. The van der Waals surface area contributed by atoms with Crippen molar-refractivity contribution in [1.82, 2.24) is 4.90 Å². The molecule has 140 valence electrons. The van der Waals surface area contributed by atoms with E-state index in [1.165, 1.54) is 12.0 Å². The normalized spacial score (nSPS) is 18.4. The number of hydrogen-bond donors (Lipinski definition) is 1. The minimum Gasteiger partial charge on any atom is -0.303 e. The summed E-state index contributed by atoms with van der Waals surface area (Å²) in [5.74, 6) is 0.927. The van der Waals surface area contributed by atoms with E-state index in [9.17, 15) is 8.42 Å². The van der Waals surface area contributed by atoms with Crippen LogP contribution in [0.15, 0.2) is 53.4 Å². The number of sulfonamides is 1. The van der Waals surface area contributed by atoms with E-state index < -0.39 is 10.0 Å². The maximum absolute atomic E-state index is 12.6. The zero-order chi connectivity index (χ0) is 18.7. The number of anilines is 1. The Balaban J connectivity index is 1.70. The molecule has 0 radical (unpaired) electrons. The molecule has 0 aromatic heterocycles. The molecule has 1 fully saturated rings. The second-order valence-corrected chi connectivity index (χ2v) is 9.01. The molecular weight excluding hydrogens is 344 g/mol. The Morgan fingerprint density at radius 2 is 1.73 bits per heavy atom. The van der Waals surface area contributed by atoms with Crippen LogP contribution in [0.1, 0.15) is 50.2 Å². The standard InChI is InChI=1S/C21H28N2O2S/c1-4-23-14-13-19(15-23)18-5-9-20(10-6-18)22-26(24,25)21-11-7-17(8-12-21)16(2)3/h5-12,16,19,22H,4,13-15H2,1-3H3. The van der Waals surface area contributed by atoms with E-state index in [0.29, 0.717) is 22.4 Å². The van der Waals surface area contributed by atoms with Gasteiger partial charge in [-0.2, -0.15) is 0 Å². The number of nitrogens with zero attached hydrogens (tertiary/aromatic N) is 1. The third-order valence-electron chi connectivity index (χ3n) is 5.21. The first-order valence-electron chi connectivity index (χ1n) is 9.34. The predicted molar refractivity (Wildman–Crippen MR) is 107 cm³/mol. The fourth-order valence-electron chi connectivity index (χ4n) is 3.46. The lowest BCUT2D eigenvalue weighted by Gasteiger charge is -2.14. The summed E-state index contributed by atoms with van der Waals surface area (Å²) in [6.07, 6.45) is 1.17.